The summed E-state index contributed by atoms with van der Waals surface area (Å²) >= 11 is 0. The lowest BCUT2D eigenvalue weighted by Crippen LogP contribution is -2.24. The molecule has 0 saturated carbocycles. The molecule has 0 fully saturated rings. The SMILES string of the molecule is CCCNC(c1ccccc1OCC)c1ccoc1C. The average molecular weight is 273 g/mol. The number of furan rings is 1. The molecule has 2 aromatic rings. The van der Waals surface area contributed by atoms with E-state index < -0.39 is 0 Å². The van der Waals surface area contributed by atoms with Crippen molar-refractivity contribution in [2.75, 3.05) is 13.2 Å². The van der Waals surface area contributed by atoms with Gasteiger partial charge in [-0.05, 0) is 38.9 Å². The Morgan fingerprint density at radius 1 is 1.15 bits per heavy atom. The molecule has 108 valence electrons. The average Bonchev–Trinajstić information content (AvgIpc) is 2.88. The predicted octanol–water partition coefficient (Wildman–Crippen LogP) is 4.08. The monoisotopic (exact) mass is 273 g/mol. The van der Waals surface area contributed by atoms with E-state index >= 15 is 0 Å². The minimum Gasteiger partial charge on any atom is -0.494 e. The molecule has 0 saturated heterocycles. The zero-order chi connectivity index (χ0) is 14.4. The highest BCUT2D eigenvalue weighted by molar-refractivity contribution is 5.42. The zero-order valence-corrected chi connectivity index (χ0v) is 12.5. The van der Waals surface area contributed by atoms with E-state index in [1.54, 1.807) is 6.26 Å². The number of nitrogens with one attached hydrogen (secondary N) is 1. The fourth-order valence-electron chi connectivity index (χ4n) is 2.38. The topological polar surface area (TPSA) is 34.4 Å². The molecule has 0 aliphatic carbocycles. The van der Waals surface area contributed by atoms with Crippen LogP contribution in [0.3, 0.4) is 0 Å². The van der Waals surface area contributed by atoms with Crippen molar-refractivity contribution >= 4 is 0 Å². The molecular formula is C17H23NO2. The van der Waals surface area contributed by atoms with Gasteiger partial charge in [-0.3, -0.25) is 0 Å². The Hall–Kier alpha value is -1.74. The number of rotatable bonds is 7. The van der Waals surface area contributed by atoms with Crippen LogP contribution in [0.5, 0.6) is 5.75 Å². The molecule has 20 heavy (non-hydrogen) atoms. The van der Waals surface area contributed by atoms with Crippen LogP contribution in [-0.2, 0) is 0 Å². The van der Waals surface area contributed by atoms with E-state index in [0.29, 0.717) is 6.61 Å². The summed E-state index contributed by atoms with van der Waals surface area (Å²) in [7, 11) is 0. The first-order valence-corrected chi connectivity index (χ1v) is 7.27. The van der Waals surface area contributed by atoms with Crippen LogP contribution in [0.4, 0.5) is 0 Å². The maximum atomic E-state index is 5.77. The van der Waals surface area contributed by atoms with Gasteiger partial charge in [-0.25, -0.2) is 0 Å². The molecule has 3 heteroatoms. The third-order valence-corrected chi connectivity index (χ3v) is 3.34. The Balaban J connectivity index is 2.38. The third-order valence-electron chi connectivity index (χ3n) is 3.34. The third kappa shape index (κ3) is 3.23. The van der Waals surface area contributed by atoms with Gasteiger partial charge in [0.15, 0.2) is 0 Å². The molecule has 0 bridgehead atoms. The van der Waals surface area contributed by atoms with Crippen molar-refractivity contribution in [1.29, 1.82) is 0 Å². The standard InChI is InChI=1S/C17H23NO2/c1-4-11-18-17(14-10-12-20-13(14)3)15-8-6-7-9-16(15)19-5-2/h6-10,12,17-18H,4-5,11H2,1-3H3. The summed E-state index contributed by atoms with van der Waals surface area (Å²) in [4.78, 5) is 0. The second kappa shape index (κ2) is 7.15. The first kappa shape index (κ1) is 14.7. The van der Waals surface area contributed by atoms with E-state index in [1.165, 1.54) is 5.56 Å². The van der Waals surface area contributed by atoms with Crippen LogP contribution < -0.4 is 10.1 Å². The van der Waals surface area contributed by atoms with Gasteiger partial charge in [-0.1, -0.05) is 25.1 Å². The van der Waals surface area contributed by atoms with Crippen LogP contribution in [0.1, 0.15) is 43.2 Å². The fraction of sp³-hybridized carbons (Fsp3) is 0.412. The van der Waals surface area contributed by atoms with Crippen molar-refractivity contribution in [3.8, 4) is 5.75 Å². The number of aryl methyl sites for hydroxylation is 1. The van der Waals surface area contributed by atoms with Crippen molar-refractivity contribution in [2.24, 2.45) is 0 Å². The van der Waals surface area contributed by atoms with Crippen molar-refractivity contribution in [3.63, 3.8) is 0 Å². The van der Waals surface area contributed by atoms with Crippen LogP contribution in [0.2, 0.25) is 0 Å². The van der Waals surface area contributed by atoms with E-state index in [2.05, 4.69) is 18.3 Å². The van der Waals surface area contributed by atoms with Crippen LogP contribution in [-0.4, -0.2) is 13.2 Å². The lowest BCUT2D eigenvalue weighted by atomic mass is 9.98. The van der Waals surface area contributed by atoms with Gasteiger partial charge in [-0.2, -0.15) is 0 Å². The molecule has 0 aliphatic heterocycles. The maximum absolute atomic E-state index is 5.77. The molecule has 0 amide bonds. The number of ether oxygens (including phenoxy) is 1. The summed E-state index contributed by atoms with van der Waals surface area (Å²) in [6.07, 6.45) is 2.83. The van der Waals surface area contributed by atoms with Crippen LogP contribution in [0.15, 0.2) is 41.0 Å². The van der Waals surface area contributed by atoms with E-state index in [9.17, 15) is 0 Å². The Labute approximate surface area is 121 Å². The van der Waals surface area contributed by atoms with Gasteiger partial charge < -0.3 is 14.5 Å². The van der Waals surface area contributed by atoms with E-state index in [0.717, 1.165) is 30.0 Å². The van der Waals surface area contributed by atoms with E-state index in [-0.39, 0.29) is 6.04 Å². The zero-order valence-electron chi connectivity index (χ0n) is 12.5. The van der Waals surface area contributed by atoms with Gasteiger partial charge in [0.1, 0.15) is 11.5 Å². The van der Waals surface area contributed by atoms with E-state index in [4.69, 9.17) is 9.15 Å². The minimum atomic E-state index is 0.108. The highest BCUT2D eigenvalue weighted by Crippen LogP contribution is 2.32. The normalized spacial score (nSPS) is 12.3. The molecular weight excluding hydrogens is 250 g/mol. The number of hydrogen-bond donors (Lipinski definition) is 1. The molecule has 0 spiro atoms. The predicted molar refractivity (Wildman–Crippen MR) is 81.2 cm³/mol. The first-order valence-electron chi connectivity index (χ1n) is 7.27. The molecule has 1 unspecified atom stereocenters. The van der Waals surface area contributed by atoms with Gasteiger partial charge in [0, 0.05) is 11.1 Å². The number of benzene rings is 1. The summed E-state index contributed by atoms with van der Waals surface area (Å²) in [5.41, 5.74) is 2.33. The Morgan fingerprint density at radius 2 is 1.95 bits per heavy atom. The van der Waals surface area contributed by atoms with Crippen LogP contribution in [0.25, 0.3) is 0 Å². The second-order valence-corrected chi connectivity index (χ2v) is 4.79. The number of hydrogen-bond acceptors (Lipinski definition) is 3. The lowest BCUT2D eigenvalue weighted by molar-refractivity contribution is 0.333. The van der Waals surface area contributed by atoms with E-state index in [1.807, 2.05) is 38.1 Å². The van der Waals surface area contributed by atoms with Crippen LogP contribution in [0, 0.1) is 6.92 Å². The highest BCUT2D eigenvalue weighted by Gasteiger charge is 2.20. The molecule has 1 aromatic heterocycles. The molecule has 3 nitrogen and oxygen atoms in total. The molecule has 1 atom stereocenters. The Kier molecular flexibility index (Phi) is 5.24. The molecule has 2 rings (SSSR count). The lowest BCUT2D eigenvalue weighted by Gasteiger charge is -2.21. The second-order valence-electron chi connectivity index (χ2n) is 4.79. The van der Waals surface area contributed by atoms with Gasteiger partial charge in [-0.15, -0.1) is 0 Å². The van der Waals surface area contributed by atoms with Crippen molar-refractivity contribution < 1.29 is 9.15 Å². The molecule has 1 heterocycles. The molecule has 1 N–H and O–H groups in total. The Morgan fingerprint density at radius 3 is 2.60 bits per heavy atom. The van der Waals surface area contributed by atoms with Crippen LogP contribution >= 0.6 is 0 Å². The summed E-state index contributed by atoms with van der Waals surface area (Å²) < 4.78 is 11.2. The highest BCUT2D eigenvalue weighted by atomic mass is 16.5. The first-order chi connectivity index (χ1) is 9.77. The smallest absolute Gasteiger partial charge is 0.124 e. The van der Waals surface area contributed by atoms with Crippen molar-refractivity contribution in [1.82, 2.24) is 5.32 Å². The van der Waals surface area contributed by atoms with Gasteiger partial charge in [0.25, 0.3) is 0 Å². The molecule has 0 aliphatic rings. The number of para-hydroxylation sites is 1. The quantitative estimate of drug-likeness (QED) is 0.825. The maximum Gasteiger partial charge on any atom is 0.124 e. The van der Waals surface area contributed by atoms with Gasteiger partial charge >= 0.3 is 0 Å². The molecule has 1 aromatic carbocycles. The van der Waals surface area contributed by atoms with Gasteiger partial charge in [0.05, 0.1) is 18.9 Å². The molecule has 0 radical (unpaired) electrons. The fourth-order valence-corrected chi connectivity index (χ4v) is 2.38. The van der Waals surface area contributed by atoms with Gasteiger partial charge in [0.2, 0.25) is 0 Å². The Bertz CT molecular complexity index is 533. The largest absolute Gasteiger partial charge is 0.494 e. The van der Waals surface area contributed by atoms with Crippen molar-refractivity contribution in [3.05, 3.63) is 53.5 Å². The summed E-state index contributed by atoms with van der Waals surface area (Å²) in [5.74, 6) is 1.88. The minimum absolute atomic E-state index is 0.108. The summed E-state index contributed by atoms with van der Waals surface area (Å²) in [6, 6.07) is 10.3. The van der Waals surface area contributed by atoms with Crippen molar-refractivity contribution in [2.45, 2.75) is 33.2 Å². The summed E-state index contributed by atoms with van der Waals surface area (Å²) in [6.45, 7) is 7.80. The summed E-state index contributed by atoms with van der Waals surface area (Å²) in [5, 5.41) is 3.59.